The van der Waals surface area contributed by atoms with Crippen molar-refractivity contribution >= 4 is 51.5 Å². The molecule has 0 radical (unpaired) electrons. The van der Waals surface area contributed by atoms with E-state index in [0.29, 0.717) is 20.6 Å². The van der Waals surface area contributed by atoms with Crippen molar-refractivity contribution in [1.82, 2.24) is 4.98 Å². The van der Waals surface area contributed by atoms with Crippen LogP contribution in [0.1, 0.15) is 0 Å². The average Bonchev–Trinajstić information content (AvgIpc) is 2.25. The number of hydrogen-bond donors (Lipinski definition) is 1. The van der Waals surface area contributed by atoms with Crippen molar-refractivity contribution in [2.24, 2.45) is 0 Å². The summed E-state index contributed by atoms with van der Waals surface area (Å²) in [5.41, 5.74) is 0.651. The van der Waals surface area contributed by atoms with Crippen LogP contribution in [-0.4, -0.2) is 12.0 Å². The van der Waals surface area contributed by atoms with Gasteiger partial charge in [0.25, 0.3) is 0 Å². The summed E-state index contributed by atoms with van der Waals surface area (Å²) in [6.07, 6.45) is 0. The van der Waals surface area contributed by atoms with Gasteiger partial charge in [-0.1, -0.05) is 34.8 Å². The number of benzene rings is 1. The van der Waals surface area contributed by atoms with E-state index in [0.717, 1.165) is 11.2 Å². The maximum absolute atomic E-state index is 6.04. The van der Waals surface area contributed by atoms with Gasteiger partial charge in [0.15, 0.2) is 0 Å². The van der Waals surface area contributed by atoms with Crippen molar-refractivity contribution in [1.29, 1.82) is 0 Å². The smallest absolute Gasteiger partial charge is 0.126 e. The number of nitrogens with one attached hydrogen (secondary N) is 1. The molecule has 0 atom stereocenters. The summed E-state index contributed by atoms with van der Waals surface area (Å²) < 4.78 is 0. The Balaban J connectivity index is 2.84. The second-order valence-corrected chi connectivity index (χ2v) is 4.19. The molecule has 15 heavy (non-hydrogen) atoms. The Bertz CT molecular complexity index is 526. The molecule has 1 heterocycles. The van der Waals surface area contributed by atoms with E-state index in [1.165, 1.54) is 0 Å². The number of halogens is 3. The van der Waals surface area contributed by atoms with Gasteiger partial charge in [-0.15, -0.1) is 0 Å². The fraction of sp³-hybridized carbons (Fsp3) is 0.100. The topological polar surface area (TPSA) is 24.9 Å². The highest BCUT2D eigenvalue weighted by Crippen LogP contribution is 2.35. The molecule has 2 nitrogen and oxygen atoms in total. The molecule has 0 spiro atoms. The molecule has 78 valence electrons. The number of pyridine rings is 1. The first-order valence-corrected chi connectivity index (χ1v) is 5.39. The predicted octanol–water partition coefficient (Wildman–Crippen LogP) is 4.24. The lowest BCUT2D eigenvalue weighted by Crippen LogP contribution is -1.92. The predicted molar refractivity (Wildman–Crippen MR) is 66.3 cm³/mol. The first-order chi connectivity index (χ1) is 7.13. The van der Waals surface area contributed by atoms with Gasteiger partial charge in [0.1, 0.15) is 5.82 Å². The summed E-state index contributed by atoms with van der Waals surface area (Å²) in [4.78, 5) is 4.31. The molecule has 1 N–H and O–H groups in total. The van der Waals surface area contributed by atoms with Gasteiger partial charge in [0, 0.05) is 12.4 Å². The molecule has 0 amide bonds. The first kappa shape index (κ1) is 10.8. The van der Waals surface area contributed by atoms with E-state index in [1.807, 2.05) is 12.1 Å². The molecule has 0 aliphatic rings. The fourth-order valence-electron chi connectivity index (χ4n) is 1.33. The minimum Gasteiger partial charge on any atom is -0.373 e. The highest BCUT2D eigenvalue weighted by molar-refractivity contribution is 6.47. The van der Waals surface area contributed by atoms with Crippen LogP contribution >= 0.6 is 34.8 Å². The van der Waals surface area contributed by atoms with E-state index >= 15 is 0 Å². The molecule has 0 saturated heterocycles. The molecule has 0 bridgehead atoms. The van der Waals surface area contributed by atoms with Gasteiger partial charge in [-0.05, 0) is 18.2 Å². The molecule has 0 aliphatic carbocycles. The van der Waals surface area contributed by atoms with Gasteiger partial charge in [-0.3, -0.25) is 0 Å². The molecule has 0 unspecified atom stereocenters. The molecule has 0 fully saturated rings. The zero-order valence-corrected chi connectivity index (χ0v) is 10.1. The Kier molecular flexibility index (Phi) is 2.91. The van der Waals surface area contributed by atoms with Crippen molar-refractivity contribution in [3.05, 3.63) is 33.3 Å². The second-order valence-electron chi connectivity index (χ2n) is 3.00. The number of hydrogen-bond acceptors (Lipinski definition) is 2. The molecule has 0 aliphatic heterocycles. The molecule has 2 aromatic rings. The number of fused-ring (bicyclic) bond motifs is 1. The molecule has 1 aromatic carbocycles. The van der Waals surface area contributed by atoms with E-state index < -0.39 is 0 Å². The lowest BCUT2D eigenvalue weighted by atomic mass is 10.2. The fourth-order valence-corrected chi connectivity index (χ4v) is 2.06. The highest BCUT2D eigenvalue weighted by atomic mass is 35.5. The summed E-state index contributed by atoms with van der Waals surface area (Å²) in [5.74, 6) is 0.739. The Morgan fingerprint density at radius 3 is 2.53 bits per heavy atom. The standard InChI is InChI=1S/C10H7Cl3N2/c1-14-8-3-2-5-9(13)6(11)4-7(12)10(5)15-8/h2-4H,1H3,(H,14,15). The summed E-state index contributed by atoms with van der Waals surface area (Å²) in [5, 5.41) is 5.10. The zero-order chi connectivity index (χ0) is 11.0. The molecule has 1 aromatic heterocycles. The second kappa shape index (κ2) is 4.05. The third-order valence-corrected chi connectivity index (χ3v) is 3.17. The lowest BCUT2D eigenvalue weighted by Gasteiger charge is -2.06. The van der Waals surface area contributed by atoms with Gasteiger partial charge in [0.2, 0.25) is 0 Å². The maximum Gasteiger partial charge on any atom is 0.126 e. The number of nitrogens with zero attached hydrogens (tertiary/aromatic N) is 1. The largest absolute Gasteiger partial charge is 0.373 e. The third-order valence-electron chi connectivity index (χ3n) is 2.08. The highest BCUT2D eigenvalue weighted by Gasteiger charge is 2.09. The summed E-state index contributed by atoms with van der Waals surface area (Å²) in [6, 6.07) is 5.26. The van der Waals surface area contributed by atoms with Crippen LogP contribution in [-0.2, 0) is 0 Å². The van der Waals surface area contributed by atoms with E-state index in [-0.39, 0.29) is 0 Å². The maximum atomic E-state index is 6.04. The average molecular weight is 262 g/mol. The Morgan fingerprint density at radius 1 is 1.13 bits per heavy atom. The van der Waals surface area contributed by atoms with Gasteiger partial charge < -0.3 is 5.32 Å². The van der Waals surface area contributed by atoms with Crippen molar-refractivity contribution < 1.29 is 0 Å². The lowest BCUT2D eigenvalue weighted by molar-refractivity contribution is 1.34. The van der Waals surface area contributed by atoms with Crippen LogP contribution in [0.2, 0.25) is 15.1 Å². The van der Waals surface area contributed by atoms with Crippen LogP contribution in [0.25, 0.3) is 10.9 Å². The third kappa shape index (κ3) is 1.85. The van der Waals surface area contributed by atoms with Gasteiger partial charge in [0.05, 0.1) is 20.6 Å². The Labute approximate surface area is 102 Å². The van der Waals surface area contributed by atoms with E-state index in [4.69, 9.17) is 34.8 Å². The minimum absolute atomic E-state index is 0.438. The molecule has 5 heteroatoms. The van der Waals surface area contributed by atoms with Gasteiger partial charge in [-0.25, -0.2) is 4.98 Å². The molecular formula is C10H7Cl3N2. The SMILES string of the molecule is CNc1ccc2c(Cl)c(Cl)cc(Cl)c2n1. The normalized spacial score (nSPS) is 10.7. The van der Waals surface area contributed by atoms with E-state index in [2.05, 4.69) is 10.3 Å². The van der Waals surface area contributed by atoms with Crippen molar-refractivity contribution in [3.63, 3.8) is 0 Å². The van der Waals surface area contributed by atoms with E-state index in [1.54, 1.807) is 13.1 Å². The van der Waals surface area contributed by atoms with Crippen LogP contribution in [0.3, 0.4) is 0 Å². The number of anilines is 1. The van der Waals surface area contributed by atoms with Crippen molar-refractivity contribution in [2.45, 2.75) is 0 Å². The Morgan fingerprint density at radius 2 is 1.87 bits per heavy atom. The summed E-state index contributed by atoms with van der Waals surface area (Å²) >= 11 is 18.0. The van der Waals surface area contributed by atoms with Crippen LogP contribution < -0.4 is 5.32 Å². The first-order valence-electron chi connectivity index (χ1n) is 4.25. The van der Waals surface area contributed by atoms with Crippen LogP contribution in [0.4, 0.5) is 5.82 Å². The molecular weight excluding hydrogens is 254 g/mol. The van der Waals surface area contributed by atoms with Crippen LogP contribution in [0.15, 0.2) is 18.2 Å². The zero-order valence-electron chi connectivity index (χ0n) is 7.81. The van der Waals surface area contributed by atoms with Crippen molar-refractivity contribution in [3.8, 4) is 0 Å². The van der Waals surface area contributed by atoms with Crippen LogP contribution in [0.5, 0.6) is 0 Å². The van der Waals surface area contributed by atoms with Crippen LogP contribution in [0, 0.1) is 0 Å². The Hall–Kier alpha value is -0.700. The molecule has 2 rings (SSSR count). The summed E-state index contributed by atoms with van der Waals surface area (Å²) in [7, 11) is 1.79. The van der Waals surface area contributed by atoms with Crippen molar-refractivity contribution in [2.75, 3.05) is 12.4 Å². The summed E-state index contributed by atoms with van der Waals surface area (Å²) in [6.45, 7) is 0. The van der Waals surface area contributed by atoms with Gasteiger partial charge in [-0.2, -0.15) is 0 Å². The number of rotatable bonds is 1. The number of aromatic nitrogens is 1. The van der Waals surface area contributed by atoms with Gasteiger partial charge >= 0.3 is 0 Å². The molecule has 0 saturated carbocycles. The quantitative estimate of drug-likeness (QED) is 0.777. The monoisotopic (exact) mass is 260 g/mol. The van der Waals surface area contributed by atoms with E-state index in [9.17, 15) is 0 Å². The minimum atomic E-state index is 0.438.